The quantitative estimate of drug-likeness (QED) is 0.501. The van der Waals surface area contributed by atoms with E-state index in [1.54, 1.807) is 17.0 Å². The molecule has 1 N–H and O–H groups in total. The van der Waals surface area contributed by atoms with Gasteiger partial charge in [0.25, 0.3) is 5.91 Å². The number of aryl methyl sites for hydroxylation is 1. The number of carbonyl (C=O) groups is 2. The van der Waals surface area contributed by atoms with E-state index in [0.29, 0.717) is 33.6 Å². The first-order valence-corrected chi connectivity index (χ1v) is 10.4. The van der Waals surface area contributed by atoms with E-state index < -0.39 is 0 Å². The molecule has 1 saturated heterocycles. The van der Waals surface area contributed by atoms with Crippen molar-refractivity contribution >= 4 is 63.5 Å². The summed E-state index contributed by atoms with van der Waals surface area (Å²) in [6.45, 7) is 2.40. The summed E-state index contributed by atoms with van der Waals surface area (Å²) in [7, 11) is 0. The van der Waals surface area contributed by atoms with Crippen molar-refractivity contribution in [2.45, 2.75) is 19.8 Å². The number of hydrogen-bond acceptors (Lipinski definition) is 4. The molecule has 0 unspecified atom stereocenters. The van der Waals surface area contributed by atoms with Crippen molar-refractivity contribution in [1.82, 2.24) is 4.90 Å². The number of halogens is 1. The van der Waals surface area contributed by atoms with Gasteiger partial charge in [0.05, 0.1) is 4.91 Å². The molecule has 2 amide bonds. The van der Waals surface area contributed by atoms with Crippen LogP contribution >= 0.6 is 35.6 Å². The fourth-order valence-corrected chi connectivity index (χ4v) is 4.17. The summed E-state index contributed by atoms with van der Waals surface area (Å²) in [5, 5.41) is 3.44. The minimum absolute atomic E-state index is 0.0825. The Labute approximate surface area is 178 Å². The van der Waals surface area contributed by atoms with Crippen molar-refractivity contribution in [2.24, 2.45) is 0 Å². The van der Waals surface area contributed by atoms with Crippen LogP contribution in [0.25, 0.3) is 6.08 Å². The summed E-state index contributed by atoms with van der Waals surface area (Å²) in [4.78, 5) is 26.8. The van der Waals surface area contributed by atoms with Gasteiger partial charge in [-0.1, -0.05) is 71.5 Å². The number of amides is 2. The fraction of sp³-hybridized carbons (Fsp3) is 0.190. The van der Waals surface area contributed by atoms with Gasteiger partial charge in [-0.25, -0.2) is 0 Å². The first-order chi connectivity index (χ1) is 13.4. The summed E-state index contributed by atoms with van der Waals surface area (Å²) in [6, 6.07) is 15.0. The van der Waals surface area contributed by atoms with Crippen LogP contribution in [0.2, 0.25) is 5.02 Å². The van der Waals surface area contributed by atoms with E-state index in [-0.39, 0.29) is 11.8 Å². The van der Waals surface area contributed by atoms with Crippen LogP contribution in [0.3, 0.4) is 0 Å². The summed E-state index contributed by atoms with van der Waals surface area (Å²) in [5.74, 6) is -0.227. The molecule has 1 heterocycles. The summed E-state index contributed by atoms with van der Waals surface area (Å²) < 4.78 is 0.502. The minimum atomic E-state index is -0.145. The number of nitrogens with one attached hydrogen (secondary N) is 1. The van der Waals surface area contributed by atoms with Crippen LogP contribution in [0.15, 0.2) is 53.4 Å². The van der Waals surface area contributed by atoms with E-state index in [9.17, 15) is 9.59 Å². The monoisotopic (exact) mass is 430 g/mol. The van der Waals surface area contributed by atoms with Gasteiger partial charge in [-0.15, -0.1) is 0 Å². The van der Waals surface area contributed by atoms with Crippen molar-refractivity contribution in [3.63, 3.8) is 0 Å². The van der Waals surface area contributed by atoms with Crippen LogP contribution in [-0.2, 0) is 9.59 Å². The molecule has 28 heavy (non-hydrogen) atoms. The van der Waals surface area contributed by atoms with Crippen molar-refractivity contribution in [3.05, 3.63) is 69.6 Å². The number of nitrogens with zero attached hydrogens (tertiary/aromatic N) is 1. The third kappa shape index (κ3) is 5.22. The smallest absolute Gasteiger partial charge is 0.266 e. The van der Waals surface area contributed by atoms with Crippen molar-refractivity contribution in [3.8, 4) is 0 Å². The first kappa shape index (κ1) is 20.6. The lowest BCUT2D eigenvalue weighted by Crippen LogP contribution is -2.29. The van der Waals surface area contributed by atoms with Gasteiger partial charge < -0.3 is 5.32 Å². The summed E-state index contributed by atoms with van der Waals surface area (Å²) in [5.41, 5.74) is 2.68. The van der Waals surface area contributed by atoms with E-state index in [4.69, 9.17) is 23.8 Å². The second kappa shape index (κ2) is 9.37. The molecule has 0 aliphatic carbocycles. The lowest BCUT2D eigenvalue weighted by Gasteiger charge is -2.14. The largest absolute Gasteiger partial charge is 0.326 e. The molecule has 0 radical (unpaired) electrons. The van der Waals surface area contributed by atoms with E-state index in [1.165, 1.54) is 11.8 Å². The van der Waals surface area contributed by atoms with Gasteiger partial charge >= 0.3 is 0 Å². The Morgan fingerprint density at radius 2 is 1.93 bits per heavy atom. The van der Waals surface area contributed by atoms with Gasteiger partial charge in [-0.05, 0) is 43.2 Å². The van der Waals surface area contributed by atoms with Gasteiger partial charge in [-0.2, -0.15) is 0 Å². The molecule has 7 heteroatoms. The Kier molecular flexibility index (Phi) is 6.88. The van der Waals surface area contributed by atoms with Gasteiger partial charge in [0.1, 0.15) is 4.32 Å². The van der Waals surface area contributed by atoms with Crippen LogP contribution in [0.5, 0.6) is 0 Å². The number of thioether (sulfide) groups is 1. The molecule has 0 saturated carbocycles. The number of hydrogen-bond donors (Lipinski definition) is 1. The Balaban J connectivity index is 1.54. The highest BCUT2D eigenvalue weighted by Gasteiger charge is 2.31. The average molecular weight is 431 g/mol. The number of carbonyl (C=O) groups excluding carboxylic acids is 2. The lowest BCUT2D eigenvalue weighted by molar-refractivity contribution is -0.122. The molecule has 4 nitrogen and oxygen atoms in total. The molecule has 0 spiro atoms. The standard InChI is InChI=1S/C21H19ClN2O2S2/c1-14-8-10-16(11-9-14)23-19(25)7-4-12-24-20(26)18(28-21(24)27)13-15-5-2-3-6-17(15)22/h2-3,5-6,8-11,13H,4,7,12H2,1H3,(H,23,25)/b18-13+. The van der Waals surface area contributed by atoms with E-state index in [1.807, 2.05) is 49.4 Å². The second-order valence-corrected chi connectivity index (χ2v) is 8.46. The van der Waals surface area contributed by atoms with Gasteiger partial charge in [0.15, 0.2) is 0 Å². The van der Waals surface area contributed by atoms with Crippen molar-refractivity contribution in [1.29, 1.82) is 0 Å². The number of thiocarbonyl (C=S) groups is 1. The number of benzene rings is 2. The maximum atomic E-state index is 12.6. The Morgan fingerprint density at radius 3 is 2.64 bits per heavy atom. The van der Waals surface area contributed by atoms with Crippen molar-refractivity contribution < 1.29 is 9.59 Å². The molecule has 2 aromatic carbocycles. The maximum Gasteiger partial charge on any atom is 0.266 e. The lowest BCUT2D eigenvalue weighted by atomic mass is 10.2. The zero-order chi connectivity index (χ0) is 20.1. The van der Waals surface area contributed by atoms with Gasteiger partial charge in [0.2, 0.25) is 5.91 Å². The van der Waals surface area contributed by atoms with Crippen LogP contribution in [0.4, 0.5) is 5.69 Å². The Bertz CT molecular complexity index is 942. The van der Waals surface area contributed by atoms with Crippen LogP contribution < -0.4 is 5.32 Å². The minimum Gasteiger partial charge on any atom is -0.326 e. The predicted molar refractivity (Wildman–Crippen MR) is 120 cm³/mol. The van der Waals surface area contributed by atoms with E-state index >= 15 is 0 Å². The third-order valence-corrected chi connectivity index (χ3v) is 5.91. The summed E-state index contributed by atoms with van der Waals surface area (Å²) >= 11 is 12.8. The van der Waals surface area contributed by atoms with E-state index in [2.05, 4.69) is 5.32 Å². The molecule has 0 bridgehead atoms. The number of rotatable bonds is 6. The normalized spacial score (nSPS) is 15.4. The zero-order valence-corrected chi connectivity index (χ0v) is 17.7. The van der Waals surface area contributed by atoms with Gasteiger partial charge in [-0.3, -0.25) is 14.5 Å². The molecule has 3 rings (SSSR count). The Morgan fingerprint density at radius 1 is 1.21 bits per heavy atom. The highest BCUT2D eigenvalue weighted by atomic mass is 35.5. The fourth-order valence-electron chi connectivity index (χ4n) is 2.68. The zero-order valence-electron chi connectivity index (χ0n) is 15.3. The molecular formula is C21H19ClN2O2S2. The third-order valence-electron chi connectivity index (χ3n) is 4.19. The SMILES string of the molecule is Cc1ccc(NC(=O)CCCN2C(=O)/C(=C\c3ccccc3Cl)SC2=S)cc1. The molecule has 1 aliphatic rings. The molecule has 1 aliphatic heterocycles. The van der Waals surface area contributed by atoms with Crippen molar-refractivity contribution in [2.75, 3.05) is 11.9 Å². The molecule has 2 aromatic rings. The maximum absolute atomic E-state index is 12.6. The highest BCUT2D eigenvalue weighted by Crippen LogP contribution is 2.33. The molecule has 0 aromatic heterocycles. The van der Waals surface area contributed by atoms with Crippen LogP contribution in [-0.4, -0.2) is 27.6 Å². The highest BCUT2D eigenvalue weighted by molar-refractivity contribution is 8.26. The number of anilines is 1. The van der Waals surface area contributed by atoms with Crippen LogP contribution in [0, 0.1) is 6.92 Å². The van der Waals surface area contributed by atoms with Crippen LogP contribution in [0.1, 0.15) is 24.0 Å². The molecule has 144 valence electrons. The molecule has 0 atom stereocenters. The topological polar surface area (TPSA) is 49.4 Å². The molecular weight excluding hydrogens is 412 g/mol. The molecule has 1 fully saturated rings. The average Bonchev–Trinajstić information content (AvgIpc) is 2.93. The second-order valence-electron chi connectivity index (χ2n) is 6.37. The van der Waals surface area contributed by atoms with Gasteiger partial charge in [0, 0.05) is 23.7 Å². The Hall–Kier alpha value is -2.15. The first-order valence-electron chi connectivity index (χ1n) is 8.80. The predicted octanol–water partition coefficient (Wildman–Crippen LogP) is 5.27. The van der Waals surface area contributed by atoms with E-state index in [0.717, 1.165) is 16.8 Å². The summed E-state index contributed by atoms with van der Waals surface area (Å²) in [6.07, 6.45) is 2.60.